The second-order valence-corrected chi connectivity index (χ2v) is 8.64. The van der Waals surface area contributed by atoms with Gasteiger partial charge in [-0.3, -0.25) is 0 Å². The number of halogens is 5. The minimum absolute atomic E-state index is 0.0424. The molecule has 1 unspecified atom stereocenters. The highest BCUT2D eigenvalue weighted by Crippen LogP contribution is 2.40. The summed E-state index contributed by atoms with van der Waals surface area (Å²) in [5.74, 6) is -2.79. The molecule has 1 saturated carbocycles. The zero-order chi connectivity index (χ0) is 24.0. The summed E-state index contributed by atoms with van der Waals surface area (Å²) in [4.78, 5) is 17.8. The summed E-state index contributed by atoms with van der Waals surface area (Å²) >= 11 is 0. The number of ether oxygens (including phenoxy) is 1. The smallest absolute Gasteiger partial charge is 0.382 e. The maximum absolute atomic E-state index is 13.5. The Labute approximate surface area is 186 Å². The Kier molecular flexibility index (Phi) is 6.20. The molecule has 2 fully saturated rings. The molecule has 4 rings (SSSR count). The molecule has 2 aliphatic rings. The van der Waals surface area contributed by atoms with Crippen molar-refractivity contribution in [3.05, 3.63) is 29.7 Å². The molecule has 182 valence electrons. The Morgan fingerprint density at radius 3 is 2.64 bits per heavy atom. The number of carbonyl (C=O) groups is 1. The van der Waals surface area contributed by atoms with E-state index in [0.29, 0.717) is 29.7 Å². The fourth-order valence-electron chi connectivity index (χ4n) is 4.45. The van der Waals surface area contributed by atoms with E-state index in [-0.39, 0.29) is 25.4 Å². The van der Waals surface area contributed by atoms with Crippen molar-refractivity contribution in [3.8, 4) is 0 Å². The average molecular weight is 476 g/mol. The molecule has 3 N–H and O–H groups in total. The number of aromatic nitrogens is 3. The number of methoxy groups -OCH3 is 1. The highest BCUT2D eigenvalue weighted by atomic mass is 19.4. The third kappa shape index (κ3) is 4.88. The summed E-state index contributed by atoms with van der Waals surface area (Å²) in [5.41, 5.74) is 7.63. The van der Waals surface area contributed by atoms with Gasteiger partial charge in [0.1, 0.15) is 6.04 Å². The summed E-state index contributed by atoms with van der Waals surface area (Å²) in [5, 5.41) is 6.21. The second-order valence-electron chi connectivity index (χ2n) is 8.64. The van der Waals surface area contributed by atoms with Crippen molar-refractivity contribution in [1.29, 1.82) is 0 Å². The Morgan fingerprint density at radius 2 is 2.03 bits per heavy atom. The highest BCUT2D eigenvalue weighted by Gasteiger charge is 2.48. The van der Waals surface area contributed by atoms with Crippen LogP contribution in [0.2, 0.25) is 0 Å². The number of hydrogen-bond acceptors (Lipinski definition) is 5. The van der Waals surface area contributed by atoms with Gasteiger partial charge in [-0.2, -0.15) is 18.3 Å². The van der Waals surface area contributed by atoms with Gasteiger partial charge in [0.25, 0.3) is 0 Å². The quantitative estimate of drug-likeness (QED) is 0.624. The molecule has 13 heteroatoms. The lowest BCUT2D eigenvalue weighted by molar-refractivity contribution is -0.150. The third-order valence-electron chi connectivity index (χ3n) is 6.39. The first-order chi connectivity index (χ1) is 15.5. The van der Waals surface area contributed by atoms with Crippen molar-refractivity contribution in [3.63, 3.8) is 0 Å². The van der Waals surface area contributed by atoms with Crippen LogP contribution in [0.5, 0.6) is 0 Å². The van der Waals surface area contributed by atoms with Crippen LogP contribution in [0.25, 0.3) is 5.65 Å². The Morgan fingerprint density at radius 1 is 1.33 bits per heavy atom. The van der Waals surface area contributed by atoms with Crippen LogP contribution < -0.4 is 11.1 Å². The number of hydrogen-bond donors (Lipinski definition) is 2. The third-order valence-corrected chi connectivity index (χ3v) is 6.39. The largest absolute Gasteiger partial charge is 0.410 e. The van der Waals surface area contributed by atoms with Gasteiger partial charge in [0.15, 0.2) is 5.65 Å². The normalized spacial score (nSPS) is 23.7. The highest BCUT2D eigenvalue weighted by molar-refractivity contribution is 5.77. The van der Waals surface area contributed by atoms with Crippen molar-refractivity contribution in [2.75, 3.05) is 20.3 Å². The molecule has 0 radical (unpaired) electrons. The summed E-state index contributed by atoms with van der Waals surface area (Å²) in [6.45, 7) is -0.600. The van der Waals surface area contributed by atoms with Gasteiger partial charge in [-0.15, -0.1) is 0 Å². The van der Waals surface area contributed by atoms with Gasteiger partial charge < -0.3 is 20.7 Å². The van der Waals surface area contributed by atoms with Crippen LogP contribution in [-0.2, 0) is 4.74 Å². The summed E-state index contributed by atoms with van der Waals surface area (Å²) in [6, 6.07) is -2.57. The predicted molar refractivity (Wildman–Crippen MR) is 107 cm³/mol. The molecule has 2 aromatic rings. The molecule has 1 aliphatic carbocycles. The first-order valence-corrected chi connectivity index (χ1v) is 10.6. The second kappa shape index (κ2) is 8.67. The summed E-state index contributed by atoms with van der Waals surface area (Å²) in [7, 11) is 1.38. The number of rotatable bonds is 6. The zero-order valence-electron chi connectivity index (χ0n) is 17.9. The molecule has 0 spiro atoms. The van der Waals surface area contributed by atoms with E-state index in [1.54, 1.807) is 12.3 Å². The van der Waals surface area contributed by atoms with E-state index < -0.39 is 42.8 Å². The maximum atomic E-state index is 13.5. The molecule has 1 saturated heterocycles. The Hall–Kier alpha value is -2.54. The molecule has 3 heterocycles. The van der Waals surface area contributed by atoms with E-state index in [2.05, 4.69) is 10.1 Å². The molecule has 1 aliphatic heterocycles. The fourth-order valence-corrected chi connectivity index (χ4v) is 4.45. The molecule has 2 aromatic heterocycles. The van der Waals surface area contributed by atoms with Gasteiger partial charge in [-0.25, -0.2) is 23.1 Å². The molecule has 0 aromatic carbocycles. The predicted octanol–water partition coefficient (Wildman–Crippen LogP) is 3.20. The van der Waals surface area contributed by atoms with Crippen LogP contribution in [-0.4, -0.2) is 63.9 Å². The molecular formula is C20H25F5N6O2. The number of nitrogens with zero attached hydrogens (tertiary/aromatic N) is 4. The maximum Gasteiger partial charge on any atom is 0.410 e. The number of nitrogens with one attached hydrogen (secondary N) is 1. The van der Waals surface area contributed by atoms with Crippen molar-refractivity contribution < 1.29 is 31.5 Å². The van der Waals surface area contributed by atoms with Gasteiger partial charge in [0, 0.05) is 25.5 Å². The fraction of sp³-hybridized carbons (Fsp3) is 0.650. The molecule has 3 atom stereocenters. The van der Waals surface area contributed by atoms with Crippen LogP contribution in [0.4, 0.5) is 26.7 Å². The first-order valence-electron chi connectivity index (χ1n) is 10.6. The zero-order valence-corrected chi connectivity index (χ0v) is 17.9. The Bertz CT molecular complexity index is 1000. The van der Waals surface area contributed by atoms with Crippen LogP contribution in [0.15, 0.2) is 18.5 Å². The SMILES string of the molecule is COC[C@H](c1cnn2cc([C@@H](N)C3CCC(F)(F)CC3)nc2c1)N1CC(C(F)(F)F)NC1=O. The minimum atomic E-state index is -4.57. The monoisotopic (exact) mass is 476 g/mol. The van der Waals surface area contributed by atoms with Crippen molar-refractivity contribution in [2.24, 2.45) is 11.7 Å². The van der Waals surface area contributed by atoms with Gasteiger partial charge in [0.2, 0.25) is 5.92 Å². The number of amides is 2. The van der Waals surface area contributed by atoms with Crippen LogP contribution in [0.1, 0.15) is 49.0 Å². The number of carbonyl (C=O) groups excluding carboxylic acids is 1. The van der Waals surface area contributed by atoms with E-state index in [0.717, 1.165) is 4.90 Å². The topological polar surface area (TPSA) is 97.8 Å². The molecule has 2 amide bonds. The van der Waals surface area contributed by atoms with Crippen LogP contribution in [0.3, 0.4) is 0 Å². The van der Waals surface area contributed by atoms with Gasteiger partial charge in [-0.1, -0.05) is 0 Å². The lowest BCUT2D eigenvalue weighted by Crippen LogP contribution is -2.40. The van der Waals surface area contributed by atoms with E-state index >= 15 is 0 Å². The minimum Gasteiger partial charge on any atom is -0.382 e. The lowest BCUT2D eigenvalue weighted by Gasteiger charge is -2.31. The summed E-state index contributed by atoms with van der Waals surface area (Å²) in [6.07, 6.45) is -1.36. The molecule has 33 heavy (non-hydrogen) atoms. The first kappa shape index (κ1) is 23.6. The number of nitrogens with two attached hydrogens (primary N) is 1. The number of urea groups is 1. The van der Waals surface area contributed by atoms with Crippen LogP contribution in [0, 0.1) is 5.92 Å². The van der Waals surface area contributed by atoms with E-state index in [4.69, 9.17) is 10.5 Å². The molecular weight excluding hydrogens is 451 g/mol. The van der Waals surface area contributed by atoms with Crippen molar-refractivity contribution >= 4 is 11.7 Å². The van der Waals surface area contributed by atoms with E-state index in [9.17, 15) is 26.7 Å². The summed E-state index contributed by atoms with van der Waals surface area (Å²) < 4.78 is 72.8. The van der Waals surface area contributed by atoms with E-state index in [1.807, 2.05) is 5.32 Å². The van der Waals surface area contributed by atoms with Gasteiger partial charge >= 0.3 is 12.2 Å². The van der Waals surface area contributed by atoms with Crippen molar-refractivity contribution in [1.82, 2.24) is 24.8 Å². The average Bonchev–Trinajstić information content (AvgIpc) is 3.34. The van der Waals surface area contributed by atoms with Crippen LogP contribution >= 0.6 is 0 Å². The number of fused-ring (bicyclic) bond motifs is 1. The lowest BCUT2D eigenvalue weighted by atomic mass is 9.81. The number of alkyl halides is 5. The molecule has 8 nitrogen and oxygen atoms in total. The number of imidazole rings is 1. The van der Waals surface area contributed by atoms with E-state index in [1.165, 1.54) is 17.8 Å². The standard InChI is InChI=1S/C20H25F5N6O2/c1-33-10-14(30-9-15(20(23,24)25)29-18(30)32)12-6-16-28-13(8-31(16)27-7-12)17(26)11-2-4-19(21,22)5-3-11/h6-8,11,14-15,17H,2-5,9-10,26H2,1H3,(H,29,32)/t14-,15?,17+/m1/s1. The molecule has 0 bridgehead atoms. The van der Waals surface area contributed by atoms with Crippen molar-refractivity contribution in [2.45, 2.75) is 55.9 Å². The Balaban J connectivity index is 1.56. The van der Waals surface area contributed by atoms with Gasteiger partial charge in [-0.05, 0) is 24.8 Å². The van der Waals surface area contributed by atoms with Gasteiger partial charge in [0.05, 0.1) is 43.3 Å².